The summed E-state index contributed by atoms with van der Waals surface area (Å²) in [6, 6.07) is 0. The van der Waals surface area contributed by atoms with E-state index < -0.39 is 8.32 Å². The van der Waals surface area contributed by atoms with Gasteiger partial charge in [-0.15, -0.1) is 23.5 Å². The highest BCUT2D eigenvalue weighted by Crippen LogP contribution is 2.65. The van der Waals surface area contributed by atoms with Crippen LogP contribution in [0.4, 0.5) is 0 Å². The molecule has 3 aliphatic carbocycles. The smallest absolute Gasteiger partial charge is 0.192 e. The van der Waals surface area contributed by atoms with Crippen molar-refractivity contribution in [2.24, 2.45) is 29.6 Å². The van der Waals surface area contributed by atoms with Gasteiger partial charge in [-0.05, 0) is 85.6 Å². The summed E-state index contributed by atoms with van der Waals surface area (Å²) in [5, 5.41) is 1.52. The third-order valence-electron chi connectivity index (χ3n) is 8.41. The van der Waals surface area contributed by atoms with Crippen LogP contribution in [-0.2, 0) is 4.43 Å². The monoisotopic (exact) mass is 498 g/mol. The fraction of sp³-hybridized carbons (Fsp3) is 0.826. The molecule has 0 aromatic rings. The van der Waals surface area contributed by atoms with Crippen molar-refractivity contribution in [3.05, 3.63) is 22.0 Å². The molecule has 5 rings (SSSR count). The second-order valence-electron chi connectivity index (χ2n) is 10.5. The highest BCUT2D eigenvalue weighted by Gasteiger charge is 2.60. The van der Waals surface area contributed by atoms with Gasteiger partial charge in [-0.25, -0.2) is 0 Å². The van der Waals surface area contributed by atoms with Gasteiger partial charge in [0.25, 0.3) is 0 Å². The van der Waals surface area contributed by atoms with E-state index >= 15 is 0 Å². The molecule has 5 aliphatic rings. The van der Waals surface area contributed by atoms with Crippen LogP contribution in [0.2, 0.25) is 18.6 Å². The lowest BCUT2D eigenvalue weighted by atomic mass is 9.78. The van der Waals surface area contributed by atoms with Crippen molar-refractivity contribution < 1.29 is 4.43 Å². The van der Waals surface area contributed by atoms with Crippen LogP contribution >= 0.6 is 39.5 Å². The maximum absolute atomic E-state index is 7.27. The largest absolute Gasteiger partial charge is 0.414 e. The molecule has 3 fully saturated rings. The van der Waals surface area contributed by atoms with E-state index in [0.29, 0.717) is 16.8 Å². The number of hydrogen-bond donors (Lipinski definition) is 0. The second-order valence-corrected chi connectivity index (χ2v) is 18.7. The van der Waals surface area contributed by atoms with Gasteiger partial charge >= 0.3 is 0 Å². The molecule has 0 radical (unpaired) electrons. The van der Waals surface area contributed by atoms with Crippen LogP contribution in [-0.4, -0.2) is 29.7 Å². The molecule has 0 saturated heterocycles. The molecule has 28 heavy (non-hydrogen) atoms. The van der Waals surface area contributed by atoms with Crippen LogP contribution in [0.5, 0.6) is 0 Å². The first kappa shape index (κ1) is 20.7. The Morgan fingerprint density at radius 1 is 1.04 bits per heavy atom. The average molecular weight is 500 g/mol. The number of allylic oxidation sites excluding steroid dienone is 4. The van der Waals surface area contributed by atoms with E-state index in [9.17, 15) is 0 Å². The lowest BCUT2D eigenvalue weighted by Gasteiger charge is -2.39. The summed E-state index contributed by atoms with van der Waals surface area (Å²) in [6.45, 7) is 12.2. The Morgan fingerprint density at radius 2 is 1.64 bits per heavy atom. The summed E-state index contributed by atoms with van der Waals surface area (Å²) < 4.78 is 7.27. The van der Waals surface area contributed by atoms with Crippen molar-refractivity contribution in [3.63, 3.8) is 0 Å². The number of fused-ring (bicyclic) bond motifs is 4. The molecule has 2 heterocycles. The lowest BCUT2D eigenvalue weighted by molar-refractivity contribution is 0.138. The van der Waals surface area contributed by atoms with Crippen molar-refractivity contribution in [3.8, 4) is 0 Å². The van der Waals surface area contributed by atoms with Gasteiger partial charge in [-0.1, -0.05) is 41.4 Å². The minimum atomic E-state index is -1.82. The lowest BCUT2D eigenvalue weighted by Crippen LogP contribution is -2.46. The Labute approximate surface area is 189 Å². The Bertz CT molecular complexity index is 675. The van der Waals surface area contributed by atoms with Crippen molar-refractivity contribution >= 4 is 47.8 Å². The van der Waals surface area contributed by atoms with Gasteiger partial charge in [-0.3, -0.25) is 0 Å². The van der Waals surface area contributed by atoms with Gasteiger partial charge in [0.2, 0.25) is 0 Å². The highest BCUT2D eigenvalue weighted by atomic mass is 79.9. The summed E-state index contributed by atoms with van der Waals surface area (Å²) in [5.41, 5.74) is 0.759. The number of halogens is 1. The molecule has 5 heteroatoms. The Morgan fingerprint density at radius 3 is 2.21 bits per heavy atom. The molecule has 1 nitrogen and oxygen atoms in total. The molecule has 0 amide bonds. The highest BCUT2D eigenvalue weighted by molar-refractivity contribution is 9.09. The van der Waals surface area contributed by atoms with Crippen LogP contribution in [0.25, 0.3) is 0 Å². The summed E-state index contributed by atoms with van der Waals surface area (Å²) >= 11 is 8.38. The van der Waals surface area contributed by atoms with E-state index in [2.05, 4.69) is 85.5 Å². The van der Waals surface area contributed by atoms with Crippen LogP contribution in [0, 0.1) is 29.6 Å². The van der Waals surface area contributed by atoms with Crippen LogP contribution in [0.1, 0.15) is 46.5 Å². The van der Waals surface area contributed by atoms with Crippen LogP contribution in [0.15, 0.2) is 22.0 Å². The number of thioether (sulfide) groups is 2. The fourth-order valence-corrected chi connectivity index (χ4v) is 17.1. The fourth-order valence-electron chi connectivity index (χ4n) is 7.33. The van der Waals surface area contributed by atoms with E-state index in [4.69, 9.17) is 4.43 Å². The molecule has 2 aliphatic heterocycles. The van der Waals surface area contributed by atoms with Crippen LogP contribution in [0.3, 0.4) is 0 Å². The number of alkyl halides is 1. The molecule has 0 aromatic heterocycles. The molecular weight excluding hydrogens is 464 g/mol. The van der Waals surface area contributed by atoms with E-state index in [0.717, 1.165) is 39.7 Å². The van der Waals surface area contributed by atoms with Crippen molar-refractivity contribution in [1.82, 2.24) is 0 Å². The third kappa shape index (κ3) is 3.29. The molecule has 9 atom stereocenters. The minimum Gasteiger partial charge on any atom is -0.414 e. The normalized spacial score (nSPS) is 50.2. The Kier molecular flexibility index (Phi) is 5.52. The van der Waals surface area contributed by atoms with Gasteiger partial charge in [0.15, 0.2) is 8.32 Å². The van der Waals surface area contributed by atoms with Gasteiger partial charge in [-0.2, -0.15) is 0 Å². The van der Waals surface area contributed by atoms with Crippen LogP contribution < -0.4 is 0 Å². The first-order chi connectivity index (χ1) is 13.3. The molecule has 0 aromatic carbocycles. The summed E-state index contributed by atoms with van der Waals surface area (Å²) in [4.78, 5) is 3.82. The average Bonchev–Trinajstić information content (AvgIpc) is 3.29. The van der Waals surface area contributed by atoms with Gasteiger partial charge in [0.1, 0.15) is 0 Å². The van der Waals surface area contributed by atoms with E-state index in [1.807, 2.05) is 0 Å². The number of hydrogen-bond acceptors (Lipinski definition) is 3. The maximum Gasteiger partial charge on any atom is 0.192 e. The summed E-state index contributed by atoms with van der Waals surface area (Å²) in [7, 11) is -1.82. The predicted molar refractivity (Wildman–Crippen MR) is 131 cm³/mol. The molecule has 0 spiro atoms. The van der Waals surface area contributed by atoms with Gasteiger partial charge in [0.05, 0.1) is 0 Å². The first-order valence-electron chi connectivity index (χ1n) is 11.3. The summed E-state index contributed by atoms with van der Waals surface area (Å²) in [6.07, 6.45) is 11.2. The Hall–Kier alpha value is 0.837. The topological polar surface area (TPSA) is 9.23 Å². The Balaban J connectivity index is 1.37. The zero-order valence-corrected chi connectivity index (χ0v) is 22.1. The van der Waals surface area contributed by atoms with Gasteiger partial charge in [0, 0.05) is 27.0 Å². The SMILES string of the molecule is CC1=CC2C3C=C(C)SC3C([Si](C)(C)OC3CC4CCCC(Br)C4C3C)C2S1. The second kappa shape index (κ2) is 7.46. The van der Waals surface area contributed by atoms with E-state index in [-0.39, 0.29) is 0 Å². The molecular formula is C23H35BrOS2Si. The van der Waals surface area contributed by atoms with E-state index in [1.54, 1.807) is 9.81 Å². The zero-order chi connectivity index (χ0) is 19.8. The third-order valence-corrected chi connectivity index (χ3v) is 16.0. The molecule has 3 saturated carbocycles. The van der Waals surface area contributed by atoms with E-state index in [1.165, 1.54) is 25.7 Å². The molecule has 0 bridgehead atoms. The minimum absolute atomic E-state index is 0.494. The maximum atomic E-state index is 7.27. The zero-order valence-electron chi connectivity index (χ0n) is 17.9. The molecule has 9 unspecified atom stereocenters. The first-order valence-corrected chi connectivity index (χ1v) is 16.9. The van der Waals surface area contributed by atoms with Crippen molar-refractivity contribution in [1.29, 1.82) is 0 Å². The van der Waals surface area contributed by atoms with Gasteiger partial charge < -0.3 is 4.43 Å². The summed E-state index contributed by atoms with van der Waals surface area (Å²) in [5.74, 6) is 3.93. The molecule has 156 valence electrons. The van der Waals surface area contributed by atoms with Crippen molar-refractivity contribution in [2.75, 3.05) is 0 Å². The number of rotatable bonds is 3. The quantitative estimate of drug-likeness (QED) is 0.295. The molecule has 0 N–H and O–H groups in total. The standard InChI is InChI=1S/C23H35BrOS2Si/c1-12-9-16-17-10-13(2)27-22(17)23(21(16)26-12)28(4,5)25-19-11-15-7-6-8-18(24)20(15)14(19)3/h9-10,14-23H,6-8,11H2,1-5H3. The predicted octanol–water partition coefficient (Wildman–Crippen LogP) is 7.45. The van der Waals surface area contributed by atoms with Crippen molar-refractivity contribution in [2.45, 2.75) is 86.5 Å².